The lowest BCUT2D eigenvalue weighted by molar-refractivity contribution is -0.127. The van der Waals surface area contributed by atoms with Gasteiger partial charge < -0.3 is 19.5 Å². The minimum absolute atomic E-state index is 0.105. The van der Waals surface area contributed by atoms with Gasteiger partial charge >= 0.3 is 0 Å². The number of benzene rings is 1. The summed E-state index contributed by atoms with van der Waals surface area (Å²) in [4.78, 5) is 38.5. The topological polar surface area (TPSA) is 102 Å². The van der Waals surface area contributed by atoms with E-state index in [9.17, 15) is 9.59 Å². The number of carbonyl (C=O) groups is 2. The summed E-state index contributed by atoms with van der Waals surface area (Å²) in [5.74, 6) is 0.460. The van der Waals surface area contributed by atoms with E-state index >= 15 is 0 Å². The third-order valence-corrected chi connectivity index (χ3v) is 5.00. The fraction of sp³-hybridized carbons (Fsp3) is 0.381. The van der Waals surface area contributed by atoms with Gasteiger partial charge in [-0.3, -0.25) is 9.59 Å². The highest BCUT2D eigenvalue weighted by molar-refractivity contribution is 5.80. The van der Waals surface area contributed by atoms with E-state index in [2.05, 4.69) is 20.3 Å². The van der Waals surface area contributed by atoms with Crippen LogP contribution < -0.4 is 10.1 Å². The fourth-order valence-corrected chi connectivity index (χ4v) is 3.46. The molecule has 1 N–H and O–H groups in total. The second-order valence-electron chi connectivity index (χ2n) is 7.19. The van der Waals surface area contributed by atoms with E-state index in [0.29, 0.717) is 43.2 Å². The molecule has 0 bridgehead atoms. The van der Waals surface area contributed by atoms with Crippen molar-refractivity contribution in [3.05, 3.63) is 48.5 Å². The molecule has 1 aliphatic rings. The molecule has 0 saturated carbocycles. The molecule has 9 heteroatoms. The van der Waals surface area contributed by atoms with Crippen molar-refractivity contribution in [1.29, 1.82) is 0 Å². The maximum Gasteiger partial charge on any atom is 0.245 e. The molecule has 0 spiro atoms. The number of carbonyl (C=O) groups excluding carboxylic acids is 2. The molecule has 4 rings (SSSR count). The van der Waals surface area contributed by atoms with Crippen LogP contribution in [-0.2, 0) is 22.7 Å². The molecular formula is C21H24N6O3. The summed E-state index contributed by atoms with van der Waals surface area (Å²) in [6.07, 6.45) is 5.28. The lowest BCUT2D eigenvalue weighted by Gasteiger charge is -2.15. The SMILES string of the molecule is O=C(Cn1cnc2c(OCc3ccccc3)ncnc21)NCCCN1CCCC1=O. The number of imidazole rings is 1. The van der Waals surface area contributed by atoms with Gasteiger partial charge in [-0.1, -0.05) is 30.3 Å². The third kappa shape index (κ3) is 4.73. The maximum atomic E-state index is 12.3. The Morgan fingerprint density at radius 1 is 1.17 bits per heavy atom. The van der Waals surface area contributed by atoms with Crippen LogP contribution in [0.1, 0.15) is 24.8 Å². The smallest absolute Gasteiger partial charge is 0.245 e. The molecule has 1 fully saturated rings. The Morgan fingerprint density at radius 3 is 2.83 bits per heavy atom. The Labute approximate surface area is 174 Å². The fourth-order valence-electron chi connectivity index (χ4n) is 3.46. The average Bonchev–Trinajstić information content (AvgIpc) is 3.37. The molecule has 0 atom stereocenters. The van der Waals surface area contributed by atoms with Crippen molar-refractivity contribution in [2.75, 3.05) is 19.6 Å². The van der Waals surface area contributed by atoms with Crippen LogP contribution in [0.3, 0.4) is 0 Å². The van der Waals surface area contributed by atoms with E-state index in [1.54, 1.807) is 10.9 Å². The van der Waals surface area contributed by atoms with Crippen molar-refractivity contribution in [2.24, 2.45) is 0 Å². The van der Waals surface area contributed by atoms with E-state index in [4.69, 9.17) is 4.74 Å². The standard InChI is InChI=1S/C21H24N6O3/c28-17(22-9-5-11-26-10-4-8-18(26)29)12-27-15-25-19-20(27)23-14-24-21(19)30-13-16-6-2-1-3-7-16/h1-3,6-7,14-15H,4-5,8-13H2,(H,22,28). The van der Waals surface area contributed by atoms with Crippen molar-refractivity contribution in [2.45, 2.75) is 32.4 Å². The first kappa shape index (κ1) is 19.8. The number of aromatic nitrogens is 4. The predicted molar refractivity (Wildman–Crippen MR) is 110 cm³/mol. The molecular weight excluding hydrogens is 384 g/mol. The van der Waals surface area contributed by atoms with Crippen LogP contribution in [0.4, 0.5) is 0 Å². The third-order valence-electron chi connectivity index (χ3n) is 5.00. The van der Waals surface area contributed by atoms with E-state index in [0.717, 1.165) is 24.9 Å². The normalized spacial score (nSPS) is 13.7. The second kappa shape index (κ2) is 9.34. The summed E-state index contributed by atoms with van der Waals surface area (Å²) in [6.45, 7) is 2.51. The number of nitrogens with zero attached hydrogens (tertiary/aromatic N) is 5. The summed E-state index contributed by atoms with van der Waals surface area (Å²) >= 11 is 0. The minimum Gasteiger partial charge on any atom is -0.471 e. The maximum absolute atomic E-state index is 12.3. The first-order valence-electron chi connectivity index (χ1n) is 10.1. The summed E-state index contributed by atoms with van der Waals surface area (Å²) in [5.41, 5.74) is 2.10. The number of amides is 2. The van der Waals surface area contributed by atoms with Crippen LogP contribution >= 0.6 is 0 Å². The lowest BCUT2D eigenvalue weighted by Crippen LogP contribution is -2.32. The number of likely N-dealkylation sites (tertiary alicyclic amines) is 1. The zero-order valence-corrected chi connectivity index (χ0v) is 16.7. The van der Waals surface area contributed by atoms with Crippen LogP contribution in [0.2, 0.25) is 0 Å². The van der Waals surface area contributed by atoms with Gasteiger partial charge in [0, 0.05) is 26.1 Å². The molecule has 0 aliphatic carbocycles. The Bertz CT molecular complexity index is 1020. The highest BCUT2D eigenvalue weighted by Gasteiger charge is 2.19. The van der Waals surface area contributed by atoms with Crippen LogP contribution in [0.25, 0.3) is 11.2 Å². The molecule has 2 aromatic heterocycles. The zero-order valence-electron chi connectivity index (χ0n) is 16.7. The molecule has 0 unspecified atom stereocenters. The Hall–Kier alpha value is -3.49. The van der Waals surface area contributed by atoms with Gasteiger partial charge in [0.2, 0.25) is 17.7 Å². The van der Waals surface area contributed by atoms with E-state index < -0.39 is 0 Å². The van der Waals surface area contributed by atoms with E-state index in [1.165, 1.54) is 6.33 Å². The van der Waals surface area contributed by atoms with Crippen LogP contribution in [-0.4, -0.2) is 55.9 Å². The number of rotatable bonds is 9. The summed E-state index contributed by atoms with van der Waals surface area (Å²) in [7, 11) is 0. The lowest BCUT2D eigenvalue weighted by atomic mass is 10.2. The Kier molecular flexibility index (Phi) is 6.17. The van der Waals surface area contributed by atoms with E-state index in [-0.39, 0.29) is 18.4 Å². The number of ether oxygens (including phenoxy) is 1. The Morgan fingerprint density at radius 2 is 2.03 bits per heavy atom. The molecule has 1 aromatic carbocycles. The van der Waals surface area contributed by atoms with Gasteiger partial charge in [0.1, 0.15) is 19.5 Å². The molecule has 156 valence electrons. The van der Waals surface area contributed by atoms with Gasteiger partial charge in [-0.2, -0.15) is 4.98 Å². The van der Waals surface area contributed by atoms with Crippen LogP contribution in [0.15, 0.2) is 43.0 Å². The largest absolute Gasteiger partial charge is 0.471 e. The van der Waals surface area contributed by atoms with Crippen molar-refractivity contribution in [3.8, 4) is 5.88 Å². The molecule has 3 aromatic rings. The number of hydrogen-bond donors (Lipinski definition) is 1. The average molecular weight is 408 g/mol. The predicted octanol–water partition coefficient (Wildman–Crippen LogP) is 1.53. The minimum atomic E-state index is -0.132. The van der Waals surface area contributed by atoms with Gasteiger partial charge in [-0.25, -0.2) is 9.97 Å². The summed E-state index contributed by atoms with van der Waals surface area (Å²) in [5, 5.41) is 2.89. The quantitative estimate of drug-likeness (QED) is 0.539. The van der Waals surface area contributed by atoms with Crippen LogP contribution in [0.5, 0.6) is 5.88 Å². The summed E-state index contributed by atoms with van der Waals surface area (Å²) < 4.78 is 7.47. The van der Waals surface area contributed by atoms with Gasteiger partial charge in [-0.05, 0) is 18.4 Å². The zero-order chi connectivity index (χ0) is 20.8. The summed E-state index contributed by atoms with van der Waals surface area (Å²) in [6, 6.07) is 9.79. The van der Waals surface area contributed by atoms with Gasteiger partial charge in [0.15, 0.2) is 11.2 Å². The highest BCUT2D eigenvalue weighted by atomic mass is 16.5. The molecule has 9 nitrogen and oxygen atoms in total. The van der Waals surface area contributed by atoms with E-state index in [1.807, 2.05) is 35.2 Å². The first-order valence-corrected chi connectivity index (χ1v) is 10.1. The molecule has 1 aliphatic heterocycles. The number of nitrogens with one attached hydrogen (secondary N) is 1. The molecule has 3 heterocycles. The van der Waals surface area contributed by atoms with Crippen molar-refractivity contribution < 1.29 is 14.3 Å². The highest BCUT2D eigenvalue weighted by Crippen LogP contribution is 2.20. The molecule has 1 saturated heterocycles. The molecule has 2 amide bonds. The monoisotopic (exact) mass is 408 g/mol. The van der Waals surface area contributed by atoms with Crippen molar-refractivity contribution in [3.63, 3.8) is 0 Å². The first-order chi connectivity index (χ1) is 14.7. The number of fused-ring (bicyclic) bond motifs is 1. The number of hydrogen-bond acceptors (Lipinski definition) is 6. The van der Waals surface area contributed by atoms with Gasteiger partial charge in [0.25, 0.3) is 0 Å². The molecule has 0 radical (unpaired) electrons. The van der Waals surface area contributed by atoms with Crippen LogP contribution in [0, 0.1) is 0 Å². The van der Waals surface area contributed by atoms with Crippen molar-refractivity contribution in [1.82, 2.24) is 29.7 Å². The van der Waals surface area contributed by atoms with Gasteiger partial charge in [0.05, 0.1) is 6.33 Å². The molecule has 30 heavy (non-hydrogen) atoms. The van der Waals surface area contributed by atoms with Crippen molar-refractivity contribution >= 4 is 23.0 Å². The van der Waals surface area contributed by atoms with Gasteiger partial charge in [-0.15, -0.1) is 0 Å². The Balaban J connectivity index is 1.30. The second-order valence-corrected chi connectivity index (χ2v) is 7.19.